The van der Waals surface area contributed by atoms with Gasteiger partial charge in [0.1, 0.15) is 5.82 Å². The van der Waals surface area contributed by atoms with E-state index in [1.54, 1.807) is 6.20 Å². The fourth-order valence-corrected chi connectivity index (χ4v) is 1.53. The number of nitrogens with zero attached hydrogens (tertiary/aromatic N) is 2. The van der Waals surface area contributed by atoms with Crippen LogP contribution in [0.1, 0.15) is 17.8 Å². The van der Waals surface area contributed by atoms with Gasteiger partial charge in [-0.2, -0.15) is 0 Å². The molecule has 0 aliphatic rings. The summed E-state index contributed by atoms with van der Waals surface area (Å²) in [6.07, 6.45) is 2.27. The van der Waals surface area contributed by atoms with Gasteiger partial charge < -0.3 is 10.1 Å². The van der Waals surface area contributed by atoms with E-state index in [4.69, 9.17) is 5.11 Å². The average Bonchev–Trinajstić information content (AvgIpc) is 2.55. The monoisotopic (exact) mass is 205 g/mol. The molecule has 0 radical (unpaired) electrons. The summed E-state index contributed by atoms with van der Waals surface area (Å²) in [7, 11) is 0. The number of aryl methyl sites for hydroxylation is 2. The molecule has 0 amide bonds. The van der Waals surface area contributed by atoms with Gasteiger partial charge >= 0.3 is 5.97 Å². The lowest BCUT2D eigenvalue weighted by Crippen LogP contribution is -1.98. The number of carbonyl (C=O) groups is 1. The molecule has 0 aromatic carbocycles. The minimum atomic E-state index is -0.795. The van der Waals surface area contributed by atoms with Gasteiger partial charge in [0.2, 0.25) is 0 Å². The molecule has 0 saturated carbocycles. The van der Waals surface area contributed by atoms with Crippen LogP contribution in [-0.4, -0.2) is 26.0 Å². The van der Waals surface area contributed by atoms with Crippen LogP contribution in [0, 0.1) is 6.92 Å². The SMILES string of the molecule is Cc1nc2nccc(CCC(=O)O)c2[nH]1. The Labute approximate surface area is 86.2 Å². The Morgan fingerprint density at radius 3 is 3.13 bits per heavy atom. The minimum absolute atomic E-state index is 0.122. The number of carboxylic acids is 1. The molecule has 0 spiro atoms. The summed E-state index contributed by atoms with van der Waals surface area (Å²) in [5.41, 5.74) is 2.44. The first-order valence-corrected chi connectivity index (χ1v) is 4.69. The van der Waals surface area contributed by atoms with Crippen molar-refractivity contribution in [2.75, 3.05) is 0 Å². The lowest BCUT2D eigenvalue weighted by atomic mass is 10.1. The molecule has 2 aromatic heterocycles. The van der Waals surface area contributed by atoms with Crippen molar-refractivity contribution in [3.05, 3.63) is 23.7 Å². The topological polar surface area (TPSA) is 78.9 Å². The maximum atomic E-state index is 10.5. The Bertz CT molecular complexity index is 504. The van der Waals surface area contributed by atoms with E-state index in [1.807, 2.05) is 13.0 Å². The van der Waals surface area contributed by atoms with Crippen molar-refractivity contribution in [1.29, 1.82) is 0 Å². The normalized spacial score (nSPS) is 10.7. The first-order chi connectivity index (χ1) is 7.16. The zero-order valence-corrected chi connectivity index (χ0v) is 8.32. The molecule has 2 heterocycles. The fourth-order valence-electron chi connectivity index (χ4n) is 1.53. The quantitative estimate of drug-likeness (QED) is 0.791. The zero-order chi connectivity index (χ0) is 10.8. The summed E-state index contributed by atoms with van der Waals surface area (Å²) in [6.45, 7) is 1.85. The van der Waals surface area contributed by atoms with E-state index in [1.165, 1.54) is 0 Å². The summed E-state index contributed by atoms with van der Waals surface area (Å²) >= 11 is 0. The molecule has 0 atom stereocenters. The molecule has 2 N–H and O–H groups in total. The number of aliphatic carboxylic acids is 1. The van der Waals surface area contributed by atoms with E-state index < -0.39 is 5.97 Å². The highest BCUT2D eigenvalue weighted by Gasteiger charge is 2.07. The van der Waals surface area contributed by atoms with Crippen molar-refractivity contribution in [3.63, 3.8) is 0 Å². The number of fused-ring (bicyclic) bond motifs is 1. The lowest BCUT2D eigenvalue weighted by molar-refractivity contribution is -0.136. The third-order valence-corrected chi connectivity index (χ3v) is 2.20. The number of carboxylic acid groups (broad SMARTS) is 1. The zero-order valence-electron chi connectivity index (χ0n) is 8.32. The van der Waals surface area contributed by atoms with Crippen LogP contribution >= 0.6 is 0 Å². The molecular formula is C10H11N3O2. The van der Waals surface area contributed by atoms with Crippen molar-refractivity contribution in [1.82, 2.24) is 15.0 Å². The number of H-pyrrole nitrogens is 1. The molecule has 0 aliphatic carbocycles. The van der Waals surface area contributed by atoms with Crippen LogP contribution in [0.3, 0.4) is 0 Å². The second kappa shape index (κ2) is 3.68. The first kappa shape index (κ1) is 9.64. The average molecular weight is 205 g/mol. The molecule has 78 valence electrons. The predicted molar refractivity (Wildman–Crippen MR) is 54.6 cm³/mol. The number of aromatic nitrogens is 3. The predicted octanol–water partition coefficient (Wildman–Crippen LogP) is 1.28. The van der Waals surface area contributed by atoms with E-state index in [2.05, 4.69) is 15.0 Å². The highest BCUT2D eigenvalue weighted by atomic mass is 16.4. The highest BCUT2D eigenvalue weighted by molar-refractivity contribution is 5.75. The minimum Gasteiger partial charge on any atom is -0.481 e. The Hall–Kier alpha value is -1.91. The van der Waals surface area contributed by atoms with E-state index in [9.17, 15) is 4.79 Å². The van der Waals surface area contributed by atoms with Gasteiger partial charge in [-0.1, -0.05) is 0 Å². The van der Waals surface area contributed by atoms with Gasteiger partial charge in [0.25, 0.3) is 0 Å². The van der Waals surface area contributed by atoms with Crippen molar-refractivity contribution in [2.24, 2.45) is 0 Å². The van der Waals surface area contributed by atoms with Gasteiger partial charge in [-0.05, 0) is 25.0 Å². The Balaban J connectivity index is 2.37. The molecule has 2 rings (SSSR count). The summed E-state index contributed by atoms with van der Waals surface area (Å²) < 4.78 is 0. The third kappa shape index (κ3) is 1.96. The van der Waals surface area contributed by atoms with Crippen molar-refractivity contribution >= 4 is 17.1 Å². The molecule has 0 aliphatic heterocycles. The van der Waals surface area contributed by atoms with E-state index >= 15 is 0 Å². The number of rotatable bonds is 3. The number of pyridine rings is 1. The number of aromatic amines is 1. The lowest BCUT2D eigenvalue weighted by Gasteiger charge is -1.98. The fraction of sp³-hybridized carbons (Fsp3) is 0.300. The summed E-state index contributed by atoms with van der Waals surface area (Å²) in [6, 6.07) is 1.82. The first-order valence-electron chi connectivity index (χ1n) is 4.69. The summed E-state index contributed by atoms with van der Waals surface area (Å²) in [5, 5.41) is 8.61. The number of hydrogen-bond donors (Lipinski definition) is 2. The van der Waals surface area contributed by atoms with Gasteiger partial charge in [-0.3, -0.25) is 4.79 Å². The van der Waals surface area contributed by atoms with Crippen LogP contribution in [0.5, 0.6) is 0 Å². The van der Waals surface area contributed by atoms with Crippen LogP contribution in [0.25, 0.3) is 11.2 Å². The van der Waals surface area contributed by atoms with Gasteiger partial charge in [0.05, 0.1) is 5.52 Å². The molecule has 0 bridgehead atoms. The van der Waals surface area contributed by atoms with Crippen LogP contribution in [-0.2, 0) is 11.2 Å². The molecule has 0 saturated heterocycles. The largest absolute Gasteiger partial charge is 0.481 e. The molecular weight excluding hydrogens is 194 g/mol. The third-order valence-electron chi connectivity index (χ3n) is 2.20. The van der Waals surface area contributed by atoms with Crippen molar-refractivity contribution in [2.45, 2.75) is 19.8 Å². The number of imidazole rings is 1. The second-order valence-corrected chi connectivity index (χ2v) is 3.38. The molecule has 2 aromatic rings. The smallest absolute Gasteiger partial charge is 0.303 e. The Morgan fingerprint density at radius 1 is 1.60 bits per heavy atom. The summed E-state index contributed by atoms with van der Waals surface area (Å²) in [4.78, 5) is 21.8. The van der Waals surface area contributed by atoms with Gasteiger partial charge in [0.15, 0.2) is 5.65 Å². The Kier molecular flexibility index (Phi) is 2.37. The number of hydrogen-bond acceptors (Lipinski definition) is 3. The summed E-state index contributed by atoms with van der Waals surface area (Å²) in [5.74, 6) is -0.00326. The number of nitrogens with one attached hydrogen (secondary N) is 1. The van der Waals surface area contributed by atoms with E-state index in [0.717, 1.165) is 16.9 Å². The van der Waals surface area contributed by atoms with E-state index in [-0.39, 0.29) is 6.42 Å². The second-order valence-electron chi connectivity index (χ2n) is 3.38. The van der Waals surface area contributed by atoms with Gasteiger partial charge in [-0.15, -0.1) is 0 Å². The van der Waals surface area contributed by atoms with Crippen molar-refractivity contribution < 1.29 is 9.90 Å². The van der Waals surface area contributed by atoms with Crippen LogP contribution in [0.15, 0.2) is 12.3 Å². The van der Waals surface area contributed by atoms with Gasteiger partial charge in [0, 0.05) is 12.6 Å². The maximum Gasteiger partial charge on any atom is 0.303 e. The standard InChI is InChI=1S/C10H11N3O2/c1-6-12-9-7(2-3-8(14)15)4-5-11-10(9)13-6/h4-5H,2-3H2,1H3,(H,14,15)(H,11,12,13). The molecule has 15 heavy (non-hydrogen) atoms. The Morgan fingerprint density at radius 2 is 2.40 bits per heavy atom. The van der Waals surface area contributed by atoms with Crippen LogP contribution in [0.4, 0.5) is 0 Å². The maximum absolute atomic E-state index is 10.5. The van der Waals surface area contributed by atoms with Crippen LogP contribution < -0.4 is 0 Å². The van der Waals surface area contributed by atoms with E-state index in [0.29, 0.717) is 12.1 Å². The highest BCUT2D eigenvalue weighted by Crippen LogP contribution is 2.15. The molecule has 5 nitrogen and oxygen atoms in total. The molecule has 0 unspecified atom stereocenters. The molecule has 5 heteroatoms. The molecule has 0 fully saturated rings. The van der Waals surface area contributed by atoms with Crippen LogP contribution in [0.2, 0.25) is 0 Å². The van der Waals surface area contributed by atoms with Crippen molar-refractivity contribution in [3.8, 4) is 0 Å². The van der Waals surface area contributed by atoms with Gasteiger partial charge in [-0.25, -0.2) is 9.97 Å².